The Hall–Kier alpha value is -0.420. The first-order valence-corrected chi connectivity index (χ1v) is 8.65. The number of benzene rings is 2. The van der Waals surface area contributed by atoms with E-state index in [1.165, 1.54) is 38.5 Å². The van der Waals surface area contributed by atoms with E-state index in [2.05, 4.69) is 68.3 Å². The van der Waals surface area contributed by atoms with Crippen molar-refractivity contribution in [2.75, 3.05) is 0 Å². The Morgan fingerprint density at radius 3 is 1.56 bits per heavy atom. The van der Waals surface area contributed by atoms with Crippen molar-refractivity contribution in [1.82, 2.24) is 0 Å². The number of hydrogen-bond donors (Lipinski definition) is 0. The van der Waals surface area contributed by atoms with Crippen molar-refractivity contribution in [3.8, 4) is 0 Å². The number of fused-ring (bicyclic) bond motifs is 5. The molecule has 0 saturated carbocycles. The van der Waals surface area contributed by atoms with Crippen LogP contribution in [0.2, 0.25) is 0 Å². The molecular weight excluding hydrogens is 392 g/mol. The highest BCUT2D eigenvalue weighted by Crippen LogP contribution is 2.47. The maximum absolute atomic E-state index is 3.67. The molecule has 4 rings (SSSR count). The lowest BCUT2D eigenvalue weighted by Crippen LogP contribution is -1.64. The lowest BCUT2D eigenvalue weighted by molar-refractivity contribution is 1.80. The van der Waals surface area contributed by atoms with Gasteiger partial charge in [0.25, 0.3) is 0 Å². The topological polar surface area (TPSA) is 0 Å². The summed E-state index contributed by atoms with van der Waals surface area (Å²) in [6.45, 7) is 0. The Kier molecular flexibility index (Phi) is 2.56. The summed E-state index contributed by atoms with van der Waals surface area (Å²) in [5, 5.41) is 2.70. The van der Waals surface area contributed by atoms with Gasteiger partial charge in [0.1, 0.15) is 0 Å². The fourth-order valence-electron chi connectivity index (χ4n) is 2.26. The van der Waals surface area contributed by atoms with Crippen molar-refractivity contribution in [3.05, 3.63) is 45.3 Å². The molecule has 0 aliphatic rings. The van der Waals surface area contributed by atoms with Gasteiger partial charge in [-0.2, -0.15) is 0 Å². The van der Waals surface area contributed by atoms with Gasteiger partial charge in [0.15, 0.2) is 0 Å². The normalized spacial score (nSPS) is 11.9. The van der Waals surface area contributed by atoms with Gasteiger partial charge in [-0.3, -0.25) is 0 Å². The van der Waals surface area contributed by atoms with Crippen molar-refractivity contribution in [2.45, 2.75) is 0 Å². The molecule has 2 heterocycles. The van der Waals surface area contributed by atoms with Crippen LogP contribution in [0.1, 0.15) is 0 Å². The summed E-state index contributed by atoms with van der Waals surface area (Å²) >= 11 is 11.1. The molecule has 18 heavy (non-hydrogen) atoms. The lowest BCUT2D eigenvalue weighted by atomic mass is 10.2. The van der Waals surface area contributed by atoms with E-state index in [9.17, 15) is 0 Å². The predicted molar refractivity (Wildman–Crippen MR) is 90.1 cm³/mol. The van der Waals surface area contributed by atoms with Crippen LogP contribution in [-0.2, 0) is 0 Å². The molecule has 0 N–H and O–H groups in total. The summed E-state index contributed by atoms with van der Waals surface area (Å²) in [6, 6.07) is 12.8. The second-order valence-corrected chi connectivity index (χ2v) is 7.90. The highest BCUT2D eigenvalue weighted by atomic mass is 79.9. The second-order valence-electron chi connectivity index (χ2n) is 4.09. The molecule has 0 nitrogen and oxygen atoms in total. The molecule has 2 aromatic heterocycles. The fourth-order valence-corrected chi connectivity index (χ4v) is 6.69. The minimum Gasteiger partial charge on any atom is -0.134 e. The molecule has 0 aliphatic heterocycles. The molecule has 4 aromatic rings. The Balaban J connectivity index is 2.35. The van der Waals surface area contributed by atoms with Crippen LogP contribution in [0.5, 0.6) is 0 Å². The van der Waals surface area contributed by atoms with Gasteiger partial charge in [0.2, 0.25) is 0 Å². The van der Waals surface area contributed by atoms with Crippen LogP contribution in [0.25, 0.3) is 29.6 Å². The van der Waals surface area contributed by atoms with Crippen molar-refractivity contribution in [1.29, 1.82) is 0 Å². The monoisotopic (exact) mass is 396 g/mol. The number of hydrogen-bond acceptors (Lipinski definition) is 2. The van der Waals surface area contributed by atoms with Gasteiger partial charge >= 0.3 is 0 Å². The molecule has 0 spiro atoms. The zero-order valence-corrected chi connectivity index (χ0v) is 13.8. The number of halogens is 2. The smallest absolute Gasteiger partial charge is 0.0553 e. The van der Waals surface area contributed by atoms with Crippen LogP contribution in [0.15, 0.2) is 45.3 Å². The first-order valence-electron chi connectivity index (χ1n) is 5.43. The Morgan fingerprint density at radius 2 is 1.11 bits per heavy atom. The molecule has 88 valence electrons. The molecule has 0 saturated heterocycles. The predicted octanol–water partition coefficient (Wildman–Crippen LogP) is 6.79. The number of thiophene rings is 2. The summed E-state index contributed by atoms with van der Waals surface area (Å²) in [6.07, 6.45) is 0. The average molecular weight is 398 g/mol. The molecule has 0 unspecified atom stereocenters. The molecule has 0 amide bonds. The van der Waals surface area contributed by atoms with Crippen molar-refractivity contribution < 1.29 is 0 Å². The first kappa shape index (κ1) is 11.4. The van der Waals surface area contributed by atoms with Crippen molar-refractivity contribution in [3.63, 3.8) is 0 Å². The van der Waals surface area contributed by atoms with Gasteiger partial charge in [-0.15, -0.1) is 22.7 Å². The molecule has 2 aromatic carbocycles. The van der Waals surface area contributed by atoms with Gasteiger partial charge in [-0.25, -0.2) is 0 Å². The minimum atomic E-state index is 1.19. The Labute approximate surface area is 128 Å². The van der Waals surface area contributed by atoms with E-state index in [-0.39, 0.29) is 0 Å². The largest absolute Gasteiger partial charge is 0.134 e. The van der Waals surface area contributed by atoms with Crippen LogP contribution in [-0.4, -0.2) is 0 Å². The van der Waals surface area contributed by atoms with E-state index in [0.717, 1.165) is 0 Å². The van der Waals surface area contributed by atoms with Crippen LogP contribution < -0.4 is 0 Å². The molecular formula is C14H6Br2S2. The molecule has 0 radical (unpaired) electrons. The Morgan fingerprint density at radius 1 is 0.667 bits per heavy atom. The third-order valence-electron chi connectivity index (χ3n) is 3.04. The van der Waals surface area contributed by atoms with E-state index in [1.54, 1.807) is 0 Å². The summed E-state index contributed by atoms with van der Waals surface area (Å²) in [5.74, 6) is 0. The number of rotatable bonds is 0. The second kappa shape index (κ2) is 4.04. The van der Waals surface area contributed by atoms with Crippen LogP contribution in [0.4, 0.5) is 0 Å². The summed E-state index contributed by atoms with van der Waals surface area (Å²) in [5.41, 5.74) is 0. The first-order chi connectivity index (χ1) is 8.75. The molecule has 0 bridgehead atoms. The zero-order chi connectivity index (χ0) is 12.3. The third-order valence-corrected chi connectivity index (χ3v) is 6.83. The van der Waals surface area contributed by atoms with Gasteiger partial charge in [0.05, 0.1) is 9.40 Å². The Bertz CT molecular complexity index is 826. The zero-order valence-electron chi connectivity index (χ0n) is 9.04. The quantitative estimate of drug-likeness (QED) is 0.306. The summed E-state index contributed by atoms with van der Waals surface area (Å²) < 4.78 is 7.86. The fraction of sp³-hybridized carbons (Fsp3) is 0. The average Bonchev–Trinajstić information content (AvgIpc) is 2.85. The van der Waals surface area contributed by atoms with Crippen molar-refractivity contribution in [2.24, 2.45) is 0 Å². The van der Waals surface area contributed by atoms with E-state index >= 15 is 0 Å². The summed E-state index contributed by atoms with van der Waals surface area (Å²) in [7, 11) is 0. The highest BCUT2D eigenvalue weighted by Gasteiger charge is 2.15. The SMILES string of the molecule is Brc1cccc2sc3c(sc4cccc(Br)c43)c12. The third kappa shape index (κ3) is 1.46. The van der Waals surface area contributed by atoms with Gasteiger partial charge < -0.3 is 0 Å². The molecule has 0 fully saturated rings. The molecule has 0 aliphatic carbocycles. The maximum atomic E-state index is 3.67. The van der Waals surface area contributed by atoms with E-state index in [4.69, 9.17) is 0 Å². The highest BCUT2D eigenvalue weighted by molar-refractivity contribution is 9.11. The van der Waals surface area contributed by atoms with E-state index in [1.807, 2.05) is 22.7 Å². The minimum absolute atomic E-state index is 1.19. The standard InChI is InChI=1S/C14H6Br2S2/c15-7-3-1-5-9-11(7)13-14(17-9)12-8(16)4-2-6-10(12)18-13/h1-6H. The van der Waals surface area contributed by atoms with Gasteiger partial charge in [0, 0.05) is 29.1 Å². The van der Waals surface area contributed by atoms with E-state index in [0.29, 0.717) is 0 Å². The van der Waals surface area contributed by atoms with Crippen LogP contribution in [0, 0.1) is 0 Å². The van der Waals surface area contributed by atoms with Crippen LogP contribution in [0.3, 0.4) is 0 Å². The van der Waals surface area contributed by atoms with Gasteiger partial charge in [-0.1, -0.05) is 44.0 Å². The van der Waals surface area contributed by atoms with Gasteiger partial charge in [-0.05, 0) is 24.3 Å². The van der Waals surface area contributed by atoms with Crippen LogP contribution >= 0.6 is 54.5 Å². The van der Waals surface area contributed by atoms with Crippen molar-refractivity contribution >= 4 is 84.1 Å². The maximum Gasteiger partial charge on any atom is 0.0553 e. The van der Waals surface area contributed by atoms with E-state index < -0.39 is 0 Å². The summed E-state index contributed by atoms with van der Waals surface area (Å²) in [4.78, 5) is 0. The molecule has 0 atom stereocenters. The molecule has 4 heteroatoms. The lowest BCUT2D eigenvalue weighted by Gasteiger charge is -1.93.